The summed E-state index contributed by atoms with van der Waals surface area (Å²) in [6.45, 7) is 7.10. The Morgan fingerprint density at radius 3 is 2.50 bits per heavy atom. The van der Waals surface area contributed by atoms with Crippen molar-refractivity contribution in [3.05, 3.63) is 24.3 Å². The Morgan fingerprint density at radius 1 is 1.28 bits per heavy atom. The number of unbranched alkanes of at least 4 members (excludes halogenated alkanes) is 1. The van der Waals surface area contributed by atoms with E-state index >= 15 is 0 Å². The van der Waals surface area contributed by atoms with Crippen LogP contribution >= 0.6 is 12.2 Å². The normalized spacial score (nSPS) is 10.2. The molecule has 0 fully saturated rings. The monoisotopic (exact) mass is 266 g/mol. The van der Waals surface area contributed by atoms with Crippen LogP contribution in [0.25, 0.3) is 0 Å². The fourth-order valence-electron chi connectivity index (χ4n) is 1.44. The highest BCUT2D eigenvalue weighted by Gasteiger charge is 1.99. The van der Waals surface area contributed by atoms with Gasteiger partial charge in [-0.25, -0.2) is 0 Å². The molecule has 18 heavy (non-hydrogen) atoms. The maximum atomic E-state index is 5.58. The lowest BCUT2D eigenvalue weighted by molar-refractivity contribution is 0.242. The van der Waals surface area contributed by atoms with Gasteiger partial charge in [0.05, 0.1) is 6.10 Å². The maximum absolute atomic E-state index is 5.58. The van der Waals surface area contributed by atoms with Crippen LogP contribution in [0.3, 0.4) is 0 Å². The van der Waals surface area contributed by atoms with Gasteiger partial charge in [0, 0.05) is 12.2 Å². The van der Waals surface area contributed by atoms with Crippen molar-refractivity contribution in [3.8, 4) is 5.75 Å². The van der Waals surface area contributed by atoms with Crippen LogP contribution in [0.4, 0.5) is 5.69 Å². The third-order valence-electron chi connectivity index (χ3n) is 2.30. The van der Waals surface area contributed by atoms with Crippen LogP contribution in [-0.4, -0.2) is 17.8 Å². The molecule has 0 aliphatic heterocycles. The SMILES string of the molecule is CCCCNC(=S)Nc1ccc(OC(C)C)cc1. The summed E-state index contributed by atoms with van der Waals surface area (Å²) < 4.78 is 5.58. The molecule has 0 amide bonds. The summed E-state index contributed by atoms with van der Waals surface area (Å²) in [5.41, 5.74) is 0.972. The summed E-state index contributed by atoms with van der Waals surface area (Å²) in [6, 6.07) is 7.81. The first-order valence-corrected chi connectivity index (χ1v) is 6.84. The Hall–Kier alpha value is -1.29. The van der Waals surface area contributed by atoms with Gasteiger partial charge in [0.2, 0.25) is 0 Å². The van der Waals surface area contributed by atoms with E-state index in [9.17, 15) is 0 Å². The maximum Gasteiger partial charge on any atom is 0.170 e. The summed E-state index contributed by atoms with van der Waals surface area (Å²) in [6.07, 6.45) is 2.49. The van der Waals surface area contributed by atoms with E-state index in [-0.39, 0.29) is 6.10 Å². The van der Waals surface area contributed by atoms with Gasteiger partial charge in [0.25, 0.3) is 0 Å². The highest BCUT2D eigenvalue weighted by atomic mass is 32.1. The van der Waals surface area contributed by atoms with Crippen molar-refractivity contribution >= 4 is 23.0 Å². The van der Waals surface area contributed by atoms with E-state index in [1.165, 1.54) is 0 Å². The van der Waals surface area contributed by atoms with E-state index in [1.807, 2.05) is 38.1 Å². The molecule has 0 aliphatic carbocycles. The minimum atomic E-state index is 0.195. The molecule has 1 rings (SSSR count). The van der Waals surface area contributed by atoms with Gasteiger partial charge in [-0.1, -0.05) is 13.3 Å². The zero-order valence-corrected chi connectivity index (χ0v) is 12.1. The highest BCUT2D eigenvalue weighted by Crippen LogP contribution is 2.16. The van der Waals surface area contributed by atoms with Gasteiger partial charge < -0.3 is 15.4 Å². The number of benzene rings is 1. The lowest BCUT2D eigenvalue weighted by atomic mass is 10.3. The molecular formula is C14H22N2OS. The van der Waals surface area contributed by atoms with Crippen molar-refractivity contribution < 1.29 is 4.74 Å². The molecule has 4 heteroatoms. The number of nitrogens with one attached hydrogen (secondary N) is 2. The molecule has 0 heterocycles. The lowest BCUT2D eigenvalue weighted by Gasteiger charge is -2.12. The topological polar surface area (TPSA) is 33.3 Å². The van der Waals surface area contributed by atoms with Crippen molar-refractivity contribution in [2.75, 3.05) is 11.9 Å². The van der Waals surface area contributed by atoms with E-state index in [4.69, 9.17) is 17.0 Å². The van der Waals surface area contributed by atoms with Gasteiger partial charge in [-0.3, -0.25) is 0 Å². The third kappa shape index (κ3) is 5.87. The van der Waals surface area contributed by atoms with Crippen LogP contribution in [0.15, 0.2) is 24.3 Å². The molecular weight excluding hydrogens is 244 g/mol. The first-order valence-electron chi connectivity index (χ1n) is 6.43. The first kappa shape index (κ1) is 14.8. The fraction of sp³-hybridized carbons (Fsp3) is 0.500. The zero-order valence-electron chi connectivity index (χ0n) is 11.3. The minimum absolute atomic E-state index is 0.195. The summed E-state index contributed by atoms with van der Waals surface area (Å²) in [4.78, 5) is 0. The summed E-state index contributed by atoms with van der Waals surface area (Å²) in [5.74, 6) is 0.875. The predicted octanol–water partition coefficient (Wildman–Crippen LogP) is 3.56. The molecule has 0 unspecified atom stereocenters. The van der Waals surface area contributed by atoms with Crippen molar-refractivity contribution in [2.45, 2.75) is 39.7 Å². The Morgan fingerprint density at radius 2 is 1.94 bits per heavy atom. The molecule has 3 nitrogen and oxygen atoms in total. The number of thiocarbonyl (C=S) groups is 1. The number of anilines is 1. The van der Waals surface area contributed by atoms with Crippen LogP contribution in [-0.2, 0) is 0 Å². The quantitative estimate of drug-likeness (QED) is 0.609. The second kappa shape index (κ2) is 7.93. The molecule has 2 N–H and O–H groups in total. The van der Waals surface area contributed by atoms with Gasteiger partial charge in [0.1, 0.15) is 5.75 Å². The Kier molecular flexibility index (Phi) is 6.50. The van der Waals surface area contributed by atoms with Crippen LogP contribution in [0.2, 0.25) is 0 Å². The average Bonchev–Trinajstić information content (AvgIpc) is 2.31. The standard InChI is InChI=1S/C14H22N2OS/c1-4-5-10-15-14(18)16-12-6-8-13(9-7-12)17-11(2)3/h6-9,11H,4-5,10H2,1-3H3,(H2,15,16,18). The lowest BCUT2D eigenvalue weighted by Crippen LogP contribution is -2.29. The average molecular weight is 266 g/mol. The number of ether oxygens (including phenoxy) is 1. The molecule has 100 valence electrons. The highest BCUT2D eigenvalue weighted by molar-refractivity contribution is 7.80. The number of hydrogen-bond donors (Lipinski definition) is 2. The Labute approximate surface area is 115 Å². The second-order valence-corrected chi connectivity index (χ2v) is 4.83. The molecule has 0 saturated heterocycles. The van der Waals surface area contributed by atoms with E-state index in [1.54, 1.807) is 0 Å². The minimum Gasteiger partial charge on any atom is -0.491 e. The molecule has 0 saturated carbocycles. The van der Waals surface area contributed by atoms with Crippen LogP contribution in [0, 0.1) is 0 Å². The molecule has 0 spiro atoms. The molecule has 0 bridgehead atoms. The Balaban J connectivity index is 2.40. The summed E-state index contributed by atoms with van der Waals surface area (Å²) in [7, 11) is 0. The van der Waals surface area contributed by atoms with Crippen molar-refractivity contribution in [3.63, 3.8) is 0 Å². The number of rotatable bonds is 6. The second-order valence-electron chi connectivity index (χ2n) is 4.43. The van der Waals surface area contributed by atoms with Gasteiger partial charge in [-0.05, 0) is 56.8 Å². The van der Waals surface area contributed by atoms with E-state index < -0.39 is 0 Å². The molecule has 0 aromatic heterocycles. The van der Waals surface area contributed by atoms with Crippen molar-refractivity contribution in [1.29, 1.82) is 0 Å². The molecule has 1 aromatic rings. The molecule has 1 aromatic carbocycles. The number of hydrogen-bond acceptors (Lipinski definition) is 2. The largest absolute Gasteiger partial charge is 0.491 e. The van der Waals surface area contributed by atoms with Gasteiger partial charge >= 0.3 is 0 Å². The van der Waals surface area contributed by atoms with E-state index in [2.05, 4.69) is 17.6 Å². The molecule has 0 atom stereocenters. The molecule has 0 aliphatic rings. The zero-order chi connectivity index (χ0) is 13.4. The fourth-order valence-corrected chi connectivity index (χ4v) is 1.66. The van der Waals surface area contributed by atoms with Crippen LogP contribution < -0.4 is 15.4 Å². The summed E-state index contributed by atoms with van der Waals surface area (Å²) >= 11 is 5.20. The van der Waals surface area contributed by atoms with E-state index in [0.717, 1.165) is 30.8 Å². The van der Waals surface area contributed by atoms with E-state index in [0.29, 0.717) is 5.11 Å². The Bertz CT molecular complexity index is 363. The van der Waals surface area contributed by atoms with Gasteiger partial charge in [0.15, 0.2) is 5.11 Å². The summed E-state index contributed by atoms with van der Waals surface area (Å²) in [5, 5.41) is 6.98. The third-order valence-corrected chi connectivity index (χ3v) is 2.55. The van der Waals surface area contributed by atoms with Crippen molar-refractivity contribution in [1.82, 2.24) is 5.32 Å². The smallest absolute Gasteiger partial charge is 0.170 e. The van der Waals surface area contributed by atoms with Crippen molar-refractivity contribution in [2.24, 2.45) is 0 Å². The van der Waals surface area contributed by atoms with Crippen LogP contribution in [0.5, 0.6) is 5.75 Å². The van der Waals surface area contributed by atoms with Gasteiger partial charge in [-0.15, -0.1) is 0 Å². The van der Waals surface area contributed by atoms with Crippen LogP contribution in [0.1, 0.15) is 33.6 Å². The first-order chi connectivity index (χ1) is 8.61. The predicted molar refractivity (Wildman–Crippen MR) is 81.3 cm³/mol. The molecule has 0 radical (unpaired) electrons. The van der Waals surface area contributed by atoms with Gasteiger partial charge in [-0.2, -0.15) is 0 Å².